The standard InChI is InChI=1S/C23H23Cl2N3O5/c1-32-19-8-7-15(11-16(19)22(30)26-13-5-3-2-4-6-13)33-21-17(24)9-14(10-18(21)25)28-12-20(29)27-23(28)31/h7-11,13H,2-6,12H2,1H3,(H,26,30)(H,27,29,31). The highest BCUT2D eigenvalue weighted by molar-refractivity contribution is 6.38. The van der Waals surface area contributed by atoms with Crippen molar-refractivity contribution in [2.24, 2.45) is 0 Å². The van der Waals surface area contributed by atoms with Gasteiger partial charge in [-0.25, -0.2) is 4.79 Å². The molecule has 2 aromatic carbocycles. The molecule has 0 spiro atoms. The highest BCUT2D eigenvalue weighted by atomic mass is 35.5. The molecule has 0 radical (unpaired) electrons. The molecular formula is C23H23Cl2N3O5. The second kappa shape index (κ2) is 9.89. The number of ether oxygens (including phenoxy) is 2. The predicted octanol–water partition coefficient (Wildman–Crippen LogP) is 4.91. The van der Waals surface area contributed by atoms with Gasteiger partial charge < -0.3 is 14.8 Å². The Balaban J connectivity index is 1.56. The van der Waals surface area contributed by atoms with Crippen molar-refractivity contribution in [1.82, 2.24) is 10.6 Å². The van der Waals surface area contributed by atoms with E-state index in [1.165, 1.54) is 30.6 Å². The number of rotatable bonds is 6. The first kappa shape index (κ1) is 23.2. The van der Waals surface area contributed by atoms with E-state index in [0.717, 1.165) is 25.7 Å². The lowest BCUT2D eigenvalue weighted by Gasteiger charge is -2.23. The van der Waals surface area contributed by atoms with E-state index in [2.05, 4.69) is 10.6 Å². The van der Waals surface area contributed by atoms with Crippen molar-refractivity contribution in [3.63, 3.8) is 0 Å². The lowest BCUT2D eigenvalue weighted by Crippen LogP contribution is -2.36. The van der Waals surface area contributed by atoms with Crippen molar-refractivity contribution >= 4 is 46.7 Å². The Hall–Kier alpha value is -2.97. The molecule has 1 aliphatic carbocycles. The molecule has 2 aromatic rings. The number of amides is 4. The minimum atomic E-state index is -0.551. The van der Waals surface area contributed by atoms with Crippen LogP contribution < -0.4 is 25.0 Å². The normalized spacial score (nSPS) is 16.5. The first-order chi connectivity index (χ1) is 15.9. The molecule has 2 aliphatic rings. The third-order valence-electron chi connectivity index (χ3n) is 5.66. The summed E-state index contributed by atoms with van der Waals surface area (Å²) in [6.07, 6.45) is 5.32. The maximum absolute atomic E-state index is 12.9. The topological polar surface area (TPSA) is 97.0 Å². The minimum Gasteiger partial charge on any atom is -0.496 e. The number of methoxy groups -OCH3 is 1. The second-order valence-electron chi connectivity index (χ2n) is 7.95. The van der Waals surface area contributed by atoms with E-state index in [1.807, 2.05) is 0 Å². The van der Waals surface area contributed by atoms with E-state index in [-0.39, 0.29) is 34.3 Å². The van der Waals surface area contributed by atoms with Crippen LogP contribution in [0.5, 0.6) is 17.2 Å². The van der Waals surface area contributed by atoms with Crippen LogP contribution in [0.3, 0.4) is 0 Å². The van der Waals surface area contributed by atoms with Crippen LogP contribution >= 0.6 is 23.2 Å². The Morgan fingerprint density at radius 1 is 1.09 bits per heavy atom. The average molecular weight is 492 g/mol. The third-order valence-corrected chi connectivity index (χ3v) is 6.23. The first-order valence-corrected chi connectivity index (χ1v) is 11.4. The number of nitrogens with zero attached hydrogens (tertiary/aromatic N) is 1. The lowest BCUT2D eigenvalue weighted by atomic mass is 9.95. The summed E-state index contributed by atoms with van der Waals surface area (Å²) in [6, 6.07) is 7.42. The molecule has 4 amide bonds. The van der Waals surface area contributed by atoms with Crippen LogP contribution in [0.1, 0.15) is 42.5 Å². The maximum Gasteiger partial charge on any atom is 0.329 e. The number of nitrogens with one attached hydrogen (secondary N) is 2. The van der Waals surface area contributed by atoms with Gasteiger partial charge in [0.15, 0.2) is 5.75 Å². The summed E-state index contributed by atoms with van der Waals surface area (Å²) in [5.41, 5.74) is 0.708. The van der Waals surface area contributed by atoms with Crippen molar-refractivity contribution < 1.29 is 23.9 Å². The number of carbonyl (C=O) groups is 3. The summed E-state index contributed by atoms with van der Waals surface area (Å²) in [7, 11) is 1.50. The van der Waals surface area contributed by atoms with Gasteiger partial charge in [-0.05, 0) is 43.2 Å². The molecule has 0 atom stereocenters. The monoisotopic (exact) mass is 491 g/mol. The molecule has 174 valence electrons. The number of carbonyl (C=O) groups excluding carboxylic acids is 3. The van der Waals surface area contributed by atoms with Gasteiger partial charge in [0.2, 0.25) is 5.91 Å². The van der Waals surface area contributed by atoms with Gasteiger partial charge in [0, 0.05) is 11.7 Å². The first-order valence-electron chi connectivity index (χ1n) is 10.6. The number of imide groups is 1. The molecule has 1 saturated carbocycles. The van der Waals surface area contributed by atoms with Crippen LogP contribution in [-0.4, -0.2) is 37.5 Å². The van der Waals surface area contributed by atoms with Crippen molar-refractivity contribution in [1.29, 1.82) is 0 Å². The fourth-order valence-electron chi connectivity index (χ4n) is 4.01. The number of halogens is 2. The van der Waals surface area contributed by atoms with Crippen LogP contribution in [0.4, 0.5) is 10.5 Å². The average Bonchev–Trinajstić information content (AvgIpc) is 3.14. The summed E-state index contributed by atoms with van der Waals surface area (Å²) in [4.78, 5) is 37.5. The Bertz CT molecular complexity index is 1080. The van der Waals surface area contributed by atoms with Gasteiger partial charge in [-0.2, -0.15) is 0 Å². The molecule has 1 heterocycles. The summed E-state index contributed by atoms with van der Waals surface area (Å²) >= 11 is 12.8. The zero-order chi connectivity index (χ0) is 23.5. The summed E-state index contributed by atoms with van der Waals surface area (Å²) < 4.78 is 11.3. The highest BCUT2D eigenvalue weighted by Gasteiger charge is 2.29. The van der Waals surface area contributed by atoms with Gasteiger partial charge in [-0.15, -0.1) is 0 Å². The molecule has 10 heteroatoms. The van der Waals surface area contributed by atoms with Crippen LogP contribution in [-0.2, 0) is 4.79 Å². The van der Waals surface area contributed by atoms with Crippen molar-refractivity contribution in [2.45, 2.75) is 38.1 Å². The van der Waals surface area contributed by atoms with Crippen molar-refractivity contribution in [3.05, 3.63) is 45.9 Å². The predicted molar refractivity (Wildman–Crippen MR) is 125 cm³/mol. The molecule has 4 rings (SSSR count). The fraction of sp³-hybridized carbons (Fsp3) is 0.348. The summed E-state index contributed by atoms with van der Waals surface area (Å²) in [6.45, 7) is -0.121. The van der Waals surface area contributed by atoms with Gasteiger partial charge in [0.05, 0.1) is 22.7 Å². The Morgan fingerprint density at radius 3 is 2.39 bits per heavy atom. The van der Waals surface area contributed by atoms with Gasteiger partial charge >= 0.3 is 6.03 Å². The Labute approximate surface area is 201 Å². The van der Waals surface area contributed by atoms with E-state index in [9.17, 15) is 14.4 Å². The van der Waals surface area contributed by atoms with E-state index in [4.69, 9.17) is 32.7 Å². The van der Waals surface area contributed by atoms with E-state index >= 15 is 0 Å². The van der Waals surface area contributed by atoms with E-state index in [0.29, 0.717) is 22.7 Å². The Morgan fingerprint density at radius 2 is 1.79 bits per heavy atom. The molecule has 2 fully saturated rings. The molecule has 0 aromatic heterocycles. The SMILES string of the molecule is COc1ccc(Oc2c(Cl)cc(N3CC(=O)NC3=O)cc2Cl)cc1C(=O)NC1CCCCC1. The fourth-order valence-corrected chi connectivity index (χ4v) is 4.56. The quantitative estimate of drug-likeness (QED) is 0.559. The van der Waals surface area contributed by atoms with Crippen LogP contribution in [0.2, 0.25) is 10.0 Å². The number of hydrogen-bond donors (Lipinski definition) is 2. The molecule has 1 aliphatic heterocycles. The van der Waals surface area contributed by atoms with Gasteiger partial charge in [-0.1, -0.05) is 42.5 Å². The third kappa shape index (κ3) is 5.17. The molecule has 8 nitrogen and oxygen atoms in total. The number of urea groups is 1. The van der Waals surface area contributed by atoms with Crippen LogP contribution in [0.15, 0.2) is 30.3 Å². The lowest BCUT2D eigenvalue weighted by molar-refractivity contribution is -0.117. The molecular weight excluding hydrogens is 469 g/mol. The highest BCUT2D eigenvalue weighted by Crippen LogP contribution is 2.40. The van der Waals surface area contributed by atoms with Gasteiger partial charge in [0.25, 0.3) is 5.91 Å². The zero-order valence-electron chi connectivity index (χ0n) is 18.0. The molecule has 33 heavy (non-hydrogen) atoms. The molecule has 2 N–H and O–H groups in total. The maximum atomic E-state index is 12.9. The van der Waals surface area contributed by atoms with Crippen LogP contribution in [0, 0.1) is 0 Å². The summed E-state index contributed by atoms with van der Waals surface area (Å²) in [5.74, 6) is 0.284. The molecule has 0 unspecified atom stereocenters. The van der Waals surface area contributed by atoms with Crippen molar-refractivity contribution in [3.8, 4) is 17.2 Å². The van der Waals surface area contributed by atoms with E-state index in [1.54, 1.807) is 18.2 Å². The minimum absolute atomic E-state index is 0.121. The van der Waals surface area contributed by atoms with Crippen molar-refractivity contribution in [2.75, 3.05) is 18.6 Å². The number of hydrogen-bond acceptors (Lipinski definition) is 5. The van der Waals surface area contributed by atoms with E-state index < -0.39 is 11.9 Å². The number of benzene rings is 2. The van der Waals surface area contributed by atoms with Crippen LogP contribution in [0.25, 0.3) is 0 Å². The Kier molecular flexibility index (Phi) is 6.95. The van der Waals surface area contributed by atoms with Gasteiger partial charge in [-0.3, -0.25) is 19.8 Å². The summed E-state index contributed by atoms with van der Waals surface area (Å²) in [5, 5.41) is 5.56. The molecule has 1 saturated heterocycles. The largest absolute Gasteiger partial charge is 0.496 e. The van der Waals surface area contributed by atoms with Gasteiger partial charge in [0.1, 0.15) is 18.0 Å². The molecule has 0 bridgehead atoms. The smallest absolute Gasteiger partial charge is 0.329 e. The zero-order valence-corrected chi connectivity index (χ0v) is 19.5. The second-order valence-corrected chi connectivity index (χ2v) is 8.76. The number of anilines is 1.